The van der Waals surface area contributed by atoms with E-state index in [4.69, 9.17) is 11.6 Å². The Bertz CT molecular complexity index is 1250. The number of carbonyl (C=O) groups excluding carboxylic acids is 1. The number of benzene rings is 3. The summed E-state index contributed by atoms with van der Waals surface area (Å²) in [6, 6.07) is 29.8. The fourth-order valence-electron chi connectivity index (χ4n) is 3.60. The van der Waals surface area contributed by atoms with Crippen molar-refractivity contribution in [2.24, 2.45) is 0 Å². The minimum absolute atomic E-state index is 0.0726. The van der Waals surface area contributed by atoms with Crippen LogP contribution in [0.1, 0.15) is 27.0 Å². The predicted octanol–water partition coefficient (Wildman–Crippen LogP) is 6.03. The second-order valence-corrected chi connectivity index (χ2v) is 9.48. The van der Waals surface area contributed by atoms with Gasteiger partial charge in [-0.25, -0.2) is 9.97 Å². The van der Waals surface area contributed by atoms with E-state index in [0.29, 0.717) is 28.2 Å². The number of nitrogens with zero attached hydrogens (tertiary/aromatic N) is 3. The number of rotatable bonds is 10. The van der Waals surface area contributed by atoms with Crippen molar-refractivity contribution >= 4 is 35.1 Å². The quantitative estimate of drug-likeness (QED) is 0.163. The van der Waals surface area contributed by atoms with Crippen LogP contribution in [0.2, 0.25) is 5.15 Å². The molecule has 0 saturated carbocycles. The van der Waals surface area contributed by atoms with Crippen LogP contribution in [0.3, 0.4) is 0 Å². The largest absolute Gasteiger partial charge is 0.355 e. The van der Waals surface area contributed by atoms with Crippen LogP contribution in [0.4, 0.5) is 5.82 Å². The zero-order chi connectivity index (χ0) is 24.5. The molecule has 0 radical (unpaired) electrons. The molecule has 1 heterocycles. The number of amides is 1. The normalized spacial score (nSPS) is 10.7. The van der Waals surface area contributed by atoms with Crippen LogP contribution in [0.15, 0.2) is 96.2 Å². The molecule has 35 heavy (non-hydrogen) atoms. The average molecular weight is 503 g/mol. The van der Waals surface area contributed by atoms with Gasteiger partial charge >= 0.3 is 0 Å². The number of nitrogens with one attached hydrogen (secondary N) is 1. The topological polar surface area (TPSA) is 58.1 Å². The summed E-state index contributed by atoms with van der Waals surface area (Å²) in [5, 5.41) is 4.01. The molecular formula is C28H27ClN4OS. The van der Waals surface area contributed by atoms with E-state index in [-0.39, 0.29) is 5.91 Å². The van der Waals surface area contributed by atoms with Gasteiger partial charge in [0.1, 0.15) is 11.0 Å². The molecular weight excluding hydrogens is 476 g/mol. The van der Waals surface area contributed by atoms with Crippen molar-refractivity contribution in [1.29, 1.82) is 0 Å². The summed E-state index contributed by atoms with van der Waals surface area (Å²) in [7, 11) is 1.99. The molecule has 0 saturated heterocycles. The molecule has 0 fully saturated rings. The first kappa shape index (κ1) is 24.8. The van der Waals surface area contributed by atoms with Crippen molar-refractivity contribution in [3.8, 4) is 0 Å². The average Bonchev–Trinajstić information content (AvgIpc) is 2.88. The summed E-state index contributed by atoms with van der Waals surface area (Å²) in [6.07, 6.45) is 0.801. The monoisotopic (exact) mass is 502 g/mol. The van der Waals surface area contributed by atoms with Crippen LogP contribution in [0.25, 0.3) is 0 Å². The van der Waals surface area contributed by atoms with Gasteiger partial charge in [0.2, 0.25) is 0 Å². The summed E-state index contributed by atoms with van der Waals surface area (Å²) in [4.78, 5) is 23.7. The fourth-order valence-corrected chi connectivity index (χ4v) is 4.63. The summed E-state index contributed by atoms with van der Waals surface area (Å²) in [6.45, 7) is 1.32. The maximum absolute atomic E-state index is 12.6. The predicted molar refractivity (Wildman–Crippen MR) is 144 cm³/mol. The SMILES string of the molecule is CN(Cc1ccccc1)c1cc(Cl)nc(SCc2cccc(C(=O)NCCc3ccccc3)c2)n1. The molecule has 4 rings (SSSR count). The van der Waals surface area contributed by atoms with Crippen LogP contribution in [-0.4, -0.2) is 29.5 Å². The lowest BCUT2D eigenvalue weighted by atomic mass is 10.1. The molecule has 0 atom stereocenters. The van der Waals surface area contributed by atoms with Gasteiger partial charge in [0.15, 0.2) is 5.16 Å². The maximum atomic E-state index is 12.6. The smallest absolute Gasteiger partial charge is 0.251 e. The van der Waals surface area contributed by atoms with Crippen molar-refractivity contribution in [2.45, 2.75) is 23.9 Å². The van der Waals surface area contributed by atoms with Gasteiger partial charge in [-0.3, -0.25) is 4.79 Å². The number of halogens is 1. The molecule has 1 aromatic heterocycles. The molecule has 0 aliphatic carbocycles. The highest BCUT2D eigenvalue weighted by molar-refractivity contribution is 7.98. The first-order chi connectivity index (χ1) is 17.1. The summed E-state index contributed by atoms with van der Waals surface area (Å²) in [5.74, 6) is 1.33. The minimum atomic E-state index is -0.0726. The molecule has 0 spiro atoms. The van der Waals surface area contributed by atoms with Crippen LogP contribution in [-0.2, 0) is 18.7 Å². The fraction of sp³-hybridized carbons (Fsp3) is 0.179. The molecule has 178 valence electrons. The van der Waals surface area contributed by atoms with Gasteiger partial charge in [-0.05, 0) is 35.2 Å². The third-order valence-electron chi connectivity index (χ3n) is 5.41. The summed E-state index contributed by atoms with van der Waals surface area (Å²) in [5.41, 5.74) is 4.06. The van der Waals surface area contributed by atoms with Gasteiger partial charge in [0.05, 0.1) is 0 Å². The van der Waals surface area contributed by atoms with Gasteiger partial charge in [0, 0.05) is 37.5 Å². The molecule has 0 bridgehead atoms. The van der Waals surface area contributed by atoms with E-state index in [9.17, 15) is 4.79 Å². The van der Waals surface area contributed by atoms with Crippen molar-refractivity contribution < 1.29 is 4.79 Å². The molecule has 4 aromatic rings. The molecule has 3 aromatic carbocycles. The van der Waals surface area contributed by atoms with E-state index in [1.807, 2.05) is 72.6 Å². The second-order valence-electron chi connectivity index (χ2n) is 8.15. The van der Waals surface area contributed by atoms with E-state index in [2.05, 4.69) is 39.6 Å². The van der Waals surface area contributed by atoms with Crippen molar-refractivity contribution in [1.82, 2.24) is 15.3 Å². The van der Waals surface area contributed by atoms with Crippen LogP contribution in [0.5, 0.6) is 0 Å². The van der Waals surface area contributed by atoms with Crippen molar-refractivity contribution in [3.63, 3.8) is 0 Å². The van der Waals surface area contributed by atoms with Crippen LogP contribution in [0, 0.1) is 0 Å². The second kappa shape index (κ2) is 12.4. The Morgan fingerprint density at radius 3 is 2.31 bits per heavy atom. The molecule has 0 unspecified atom stereocenters. The van der Waals surface area contributed by atoms with Gasteiger partial charge < -0.3 is 10.2 Å². The number of hydrogen-bond donors (Lipinski definition) is 1. The lowest BCUT2D eigenvalue weighted by molar-refractivity contribution is 0.0954. The van der Waals surface area contributed by atoms with Gasteiger partial charge in [0.25, 0.3) is 5.91 Å². The Hall–Kier alpha value is -3.35. The lowest BCUT2D eigenvalue weighted by Crippen LogP contribution is -2.25. The molecule has 1 N–H and O–H groups in total. The van der Waals surface area contributed by atoms with Crippen molar-refractivity contribution in [3.05, 3.63) is 118 Å². The van der Waals surface area contributed by atoms with Crippen LogP contribution < -0.4 is 10.2 Å². The third kappa shape index (κ3) is 7.57. The Morgan fingerprint density at radius 2 is 1.57 bits per heavy atom. The van der Waals surface area contributed by atoms with Gasteiger partial charge in [-0.2, -0.15) is 0 Å². The highest BCUT2D eigenvalue weighted by Gasteiger charge is 2.11. The lowest BCUT2D eigenvalue weighted by Gasteiger charge is -2.19. The van der Waals surface area contributed by atoms with E-state index < -0.39 is 0 Å². The number of carbonyl (C=O) groups is 1. The summed E-state index contributed by atoms with van der Waals surface area (Å²) >= 11 is 7.79. The Balaban J connectivity index is 1.34. The zero-order valence-corrected chi connectivity index (χ0v) is 21.1. The Morgan fingerprint density at radius 1 is 0.886 bits per heavy atom. The highest BCUT2D eigenvalue weighted by Crippen LogP contribution is 2.25. The number of anilines is 1. The standard InChI is InChI=1S/C28H27ClN4OS/c1-33(19-22-11-6-3-7-12-22)26-18-25(29)31-28(32-26)35-20-23-13-8-14-24(17-23)27(34)30-16-15-21-9-4-2-5-10-21/h2-14,17-18H,15-16,19-20H2,1H3,(H,30,34). The molecule has 0 aliphatic heterocycles. The molecule has 0 aliphatic rings. The molecule has 1 amide bonds. The molecule has 7 heteroatoms. The molecule has 5 nitrogen and oxygen atoms in total. The Kier molecular flexibility index (Phi) is 8.76. The first-order valence-electron chi connectivity index (χ1n) is 11.4. The summed E-state index contributed by atoms with van der Waals surface area (Å²) < 4.78 is 0. The maximum Gasteiger partial charge on any atom is 0.251 e. The third-order valence-corrected chi connectivity index (χ3v) is 6.53. The van der Waals surface area contributed by atoms with Gasteiger partial charge in [-0.1, -0.05) is 96.2 Å². The van der Waals surface area contributed by atoms with Crippen molar-refractivity contribution in [2.75, 3.05) is 18.5 Å². The minimum Gasteiger partial charge on any atom is -0.355 e. The number of aromatic nitrogens is 2. The number of thioether (sulfide) groups is 1. The van der Waals surface area contributed by atoms with E-state index in [0.717, 1.165) is 24.3 Å². The zero-order valence-electron chi connectivity index (χ0n) is 19.5. The Labute approximate surface area is 215 Å². The van der Waals surface area contributed by atoms with E-state index >= 15 is 0 Å². The first-order valence-corrected chi connectivity index (χ1v) is 12.8. The highest BCUT2D eigenvalue weighted by atomic mass is 35.5. The van der Waals surface area contributed by atoms with E-state index in [1.165, 1.54) is 22.9 Å². The van der Waals surface area contributed by atoms with Crippen LogP contribution >= 0.6 is 23.4 Å². The van der Waals surface area contributed by atoms with E-state index in [1.54, 1.807) is 6.07 Å². The number of hydrogen-bond acceptors (Lipinski definition) is 5. The van der Waals surface area contributed by atoms with Gasteiger partial charge in [-0.15, -0.1) is 0 Å².